The van der Waals surface area contributed by atoms with Gasteiger partial charge in [-0.3, -0.25) is 9.59 Å². The molecule has 106 valence electrons. The van der Waals surface area contributed by atoms with Crippen LogP contribution in [0, 0.1) is 0 Å². The number of aliphatic carboxylic acids is 1. The molecule has 0 unspecified atom stereocenters. The first kappa shape index (κ1) is 15.2. The van der Waals surface area contributed by atoms with Crippen LogP contribution in [0.4, 0.5) is 0 Å². The number of hydrogen-bond donors (Lipinski definition) is 3. The molecule has 1 atom stereocenters. The number of nitrogens with one attached hydrogen (secondary N) is 1. The third kappa shape index (κ3) is 6.03. The normalized spacial score (nSPS) is 16.3. The first-order chi connectivity index (χ1) is 8.99. The number of carbonyl (C=O) groups excluding carboxylic acids is 2. The maximum atomic E-state index is 11.7. The SMILES string of the molecule is NC(=O)CC[C@H](NC(=O)CC1=CCCCC1)C(=O)O. The quantitative estimate of drug-likeness (QED) is 0.591. The van der Waals surface area contributed by atoms with E-state index < -0.39 is 17.9 Å². The Hall–Kier alpha value is -1.85. The van der Waals surface area contributed by atoms with E-state index in [9.17, 15) is 14.4 Å². The van der Waals surface area contributed by atoms with Crippen molar-refractivity contribution in [3.05, 3.63) is 11.6 Å². The molecular formula is C13H20N2O4. The van der Waals surface area contributed by atoms with E-state index in [1.54, 1.807) is 0 Å². The highest BCUT2D eigenvalue weighted by molar-refractivity contribution is 5.85. The fraction of sp³-hybridized carbons (Fsp3) is 0.615. The lowest BCUT2D eigenvalue weighted by Crippen LogP contribution is -2.41. The van der Waals surface area contributed by atoms with Crippen molar-refractivity contribution >= 4 is 17.8 Å². The van der Waals surface area contributed by atoms with Crippen LogP contribution in [-0.2, 0) is 14.4 Å². The molecule has 0 aromatic carbocycles. The second-order valence-corrected chi connectivity index (χ2v) is 4.75. The zero-order chi connectivity index (χ0) is 14.3. The van der Waals surface area contributed by atoms with E-state index in [-0.39, 0.29) is 25.2 Å². The summed E-state index contributed by atoms with van der Waals surface area (Å²) in [6.07, 6.45) is 6.34. The van der Waals surface area contributed by atoms with Crippen LogP contribution in [0.15, 0.2) is 11.6 Å². The number of rotatable bonds is 7. The molecule has 0 heterocycles. The standard InChI is InChI=1S/C13H20N2O4/c14-11(16)7-6-10(13(18)19)15-12(17)8-9-4-2-1-3-5-9/h4,10H,1-3,5-8H2,(H2,14,16)(H,15,17)(H,18,19)/t10-/m0/s1. The van der Waals surface area contributed by atoms with Crippen molar-refractivity contribution in [1.29, 1.82) is 0 Å². The molecule has 6 nitrogen and oxygen atoms in total. The second-order valence-electron chi connectivity index (χ2n) is 4.75. The van der Waals surface area contributed by atoms with Gasteiger partial charge in [-0.2, -0.15) is 0 Å². The van der Waals surface area contributed by atoms with Crippen molar-refractivity contribution < 1.29 is 19.5 Å². The largest absolute Gasteiger partial charge is 0.480 e. The van der Waals surface area contributed by atoms with E-state index in [4.69, 9.17) is 10.8 Å². The molecule has 1 aliphatic carbocycles. The highest BCUT2D eigenvalue weighted by Crippen LogP contribution is 2.19. The van der Waals surface area contributed by atoms with Crippen LogP contribution in [0.1, 0.15) is 44.9 Å². The molecule has 0 aliphatic heterocycles. The highest BCUT2D eigenvalue weighted by atomic mass is 16.4. The van der Waals surface area contributed by atoms with E-state index >= 15 is 0 Å². The molecular weight excluding hydrogens is 248 g/mol. The molecule has 0 spiro atoms. The molecule has 0 saturated carbocycles. The topological polar surface area (TPSA) is 109 Å². The predicted octanol–water partition coefficient (Wildman–Crippen LogP) is 0.712. The molecule has 0 fully saturated rings. The predicted molar refractivity (Wildman–Crippen MR) is 69.2 cm³/mol. The number of carbonyl (C=O) groups is 3. The first-order valence-electron chi connectivity index (χ1n) is 6.47. The summed E-state index contributed by atoms with van der Waals surface area (Å²) in [6.45, 7) is 0. The fourth-order valence-corrected chi connectivity index (χ4v) is 2.06. The van der Waals surface area contributed by atoms with Crippen LogP contribution >= 0.6 is 0 Å². The van der Waals surface area contributed by atoms with Gasteiger partial charge in [-0.25, -0.2) is 4.79 Å². The van der Waals surface area contributed by atoms with Gasteiger partial charge in [0, 0.05) is 12.8 Å². The van der Waals surface area contributed by atoms with Gasteiger partial charge in [0.15, 0.2) is 0 Å². The number of allylic oxidation sites excluding steroid dienone is 1. The summed E-state index contributed by atoms with van der Waals surface area (Å²) in [7, 11) is 0. The fourth-order valence-electron chi connectivity index (χ4n) is 2.06. The number of primary amides is 1. The third-order valence-corrected chi connectivity index (χ3v) is 3.09. The Balaban J connectivity index is 2.44. The third-order valence-electron chi connectivity index (χ3n) is 3.09. The van der Waals surface area contributed by atoms with Gasteiger partial charge in [0.25, 0.3) is 0 Å². The molecule has 0 saturated heterocycles. The Labute approximate surface area is 112 Å². The number of carboxylic acid groups (broad SMARTS) is 1. The molecule has 19 heavy (non-hydrogen) atoms. The van der Waals surface area contributed by atoms with Crippen LogP contribution in [0.25, 0.3) is 0 Å². The smallest absolute Gasteiger partial charge is 0.326 e. The Morgan fingerprint density at radius 3 is 2.63 bits per heavy atom. The summed E-state index contributed by atoms with van der Waals surface area (Å²) >= 11 is 0. The van der Waals surface area contributed by atoms with Crippen LogP contribution in [0.2, 0.25) is 0 Å². The van der Waals surface area contributed by atoms with Gasteiger partial charge in [-0.05, 0) is 32.1 Å². The summed E-state index contributed by atoms with van der Waals surface area (Å²) in [6, 6.07) is -1.05. The minimum absolute atomic E-state index is 0.0233. The number of amides is 2. The van der Waals surface area contributed by atoms with Crippen molar-refractivity contribution in [2.75, 3.05) is 0 Å². The van der Waals surface area contributed by atoms with Crippen LogP contribution in [-0.4, -0.2) is 28.9 Å². The molecule has 0 bridgehead atoms. The van der Waals surface area contributed by atoms with Crippen LogP contribution in [0.3, 0.4) is 0 Å². The lowest BCUT2D eigenvalue weighted by Gasteiger charge is -2.16. The van der Waals surface area contributed by atoms with Gasteiger partial charge in [0.1, 0.15) is 6.04 Å². The molecule has 4 N–H and O–H groups in total. The molecule has 0 aromatic heterocycles. The monoisotopic (exact) mass is 268 g/mol. The second kappa shape index (κ2) is 7.56. The zero-order valence-corrected chi connectivity index (χ0v) is 10.9. The molecule has 1 aliphatic rings. The molecule has 0 aromatic rings. The summed E-state index contributed by atoms with van der Waals surface area (Å²) in [4.78, 5) is 33.3. The van der Waals surface area contributed by atoms with E-state index in [2.05, 4.69) is 5.32 Å². The Kier molecular flexibility index (Phi) is 6.05. The van der Waals surface area contributed by atoms with E-state index in [0.717, 1.165) is 31.3 Å². The number of nitrogens with two attached hydrogens (primary N) is 1. The highest BCUT2D eigenvalue weighted by Gasteiger charge is 2.21. The summed E-state index contributed by atoms with van der Waals surface area (Å²) < 4.78 is 0. The van der Waals surface area contributed by atoms with Gasteiger partial charge >= 0.3 is 5.97 Å². The van der Waals surface area contributed by atoms with Crippen LogP contribution < -0.4 is 11.1 Å². The van der Waals surface area contributed by atoms with Gasteiger partial charge in [-0.15, -0.1) is 0 Å². The van der Waals surface area contributed by atoms with Crippen LogP contribution in [0.5, 0.6) is 0 Å². The van der Waals surface area contributed by atoms with E-state index in [1.807, 2.05) is 6.08 Å². The van der Waals surface area contributed by atoms with Crippen molar-refractivity contribution in [2.24, 2.45) is 5.73 Å². The maximum Gasteiger partial charge on any atom is 0.326 e. The van der Waals surface area contributed by atoms with Gasteiger partial charge in [0.2, 0.25) is 11.8 Å². The van der Waals surface area contributed by atoms with E-state index in [1.165, 1.54) is 0 Å². The lowest BCUT2D eigenvalue weighted by molar-refractivity contribution is -0.142. The Bertz CT molecular complexity index is 390. The van der Waals surface area contributed by atoms with Crippen molar-refractivity contribution in [1.82, 2.24) is 5.32 Å². The van der Waals surface area contributed by atoms with E-state index in [0.29, 0.717) is 0 Å². The first-order valence-corrected chi connectivity index (χ1v) is 6.47. The van der Waals surface area contributed by atoms with Crippen molar-refractivity contribution in [3.63, 3.8) is 0 Å². The molecule has 0 radical (unpaired) electrons. The van der Waals surface area contributed by atoms with Gasteiger partial charge in [0.05, 0.1) is 0 Å². The molecule has 2 amide bonds. The lowest BCUT2D eigenvalue weighted by atomic mass is 9.97. The minimum Gasteiger partial charge on any atom is -0.480 e. The summed E-state index contributed by atoms with van der Waals surface area (Å²) in [5.41, 5.74) is 6.03. The number of hydrogen-bond acceptors (Lipinski definition) is 3. The average Bonchev–Trinajstić information content (AvgIpc) is 2.35. The van der Waals surface area contributed by atoms with Crippen molar-refractivity contribution in [3.8, 4) is 0 Å². The number of carboxylic acids is 1. The molecule has 1 rings (SSSR count). The minimum atomic E-state index is -1.15. The summed E-state index contributed by atoms with van der Waals surface area (Å²) in [5, 5.41) is 11.4. The zero-order valence-electron chi connectivity index (χ0n) is 10.9. The molecule has 6 heteroatoms. The Morgan fingerprint density at radius 1 is 1.37 bits per heavy atom. The Morgan fingerprint density at radius 2 is 2.11 bits per heavy atom. The van der Waals surface area contributed by atoms with Crippen molar-refractivity contribution in [2.45, 2.75) is 51.0 Å². The van der Waals surface area contributed by atoms with Gasteiger partial charge < -0.3 is 16.2 Å². The maximum absolute atomic E-state index is 11.7. The van der Waals surface area contributed by atoms with Gasteiger partial charge in [-0.1, -0.05) is 11.6 Å². The average molecular weight is 268 g/mol. The summed E-state index contributed by atoms with van der Waals surface area (Å²) in [5.74, 6) is -2.03.